The van der Waals surface area contributed by atoms with Gasteiger partial charge in [-0.2, -0.15) is 0 Å². The van der Waals surface area contributed by atoms with E-state index in [0.717, 1.165) is 11.1 Å². The van der Waals surface area contributed by atoms with Crippen LogP contribution in [0, 0.1) is 19.7 Å². The largest absolute Gasteiger partial charge is 0.469 e. The maximum atomic E-state index is 13.1. The number of rotatable bonds is 8. The van der Waals surface area contributed by atoms with Crippen molar-refractivity contribution in [1.29, 1.82) is 0 Å². The van der Waals surface area contributed by atoms with Crippen LogP contribution in [0.4, 0.5) is 4.39 Å². The van der Waals surface area contributed by atoms with Gasteiger partial charge in [0.05, 0.1) is 19.6 Å². The first kappa shape index (κ1) is 21.3. The highest BCUT2D eigenvalue weighted by Gasteiger charge is 2.20. The Morgan fingerprint density at radius 2 is 1.68 bits per heavy atom. The van der Waals surface area contributed by atoms with Crippen LogP contribution in [0.15, 0.2) is 42.5 Å². The van der Waals surface area contributed by atoms with Crippen molar-refractivity contribution >= 4 is 17.7 Å². The van der Waals surface area contributed by atoms with E-state index >= 15 is 0 Å². The van der Waals surface area contributed by atoms with Gasteiger partial charge < -0.3 is 10.1 Å². The molecule has 0 saturated carbocycles. The normalized spacial score (nSPS) is 11.6. The van der Waals surface area contributed by atoms with E-state index in [9.17, 15) is 18.8 Å². The number of methoxy groups -OCH3 is 1. The molecule has 0 aliphatic rings. The summed E-state index contributed by atoms with van der Waals surface area (Å²) >= 11 is 0. The Morgan fingerprint density at radius 3 is 2.29 bits per heavy atom. The molecule has 2 aromatic rings. The molecular weight excluding hydrogens is 361 g/mol. The van der Waals surface area contributed by atoms with Gasteiger partial charge in [-0.3, -0.25) is 14.4 Å². The molecule has 0 aromatic heterocycles. The number of ketones is 1. The molecule has 2 rings (SSSR count). The molecule has 0 aliphatic heterocycles. The number of amides is 1. The molecule has 0 saturated heterocycles. The van der Waals surface area contributed by atoms with Crippen LogP contribution >= 0.6 is 0 Å². The average Bonchev–Trinajstić information content (AvgIpc) is 2.68. The summed E-state index contributed by atoms with van der Waals surface area (Å²) in [6.07, 6.45) is -0.0354. The molecule has 1 unspecified atom stereocenters. The van der Waals surface area contributed by atoms with Crippen LogP contribution in [0.3, 0.4) is 0 Å². The molecule has 1 N–H and O–H groups in total. The molecule has 2 aromatic carbocycles. The van der Waals surface area contributed by atoms with Crippen LogP contribution in [0.25, 0.3) is 0 Å². The minimum absolute atomic E-state index is 0.00930. The maximum absolute atomic E-state index is 13.1. The van der Waals surface area contributed by atoms with Gasteiger partial charge in [-0.1, -0.05) is 24.3 Å². The molecule has 5 nitrogen and oxygen atoms in total. The molecule has 6 heteroatoms. The second-order valence-electron chi connectivity index (χ2n) is 6.67. The topological polar surface area (TPSA) is 72.5 Å². The van der Waals surface area contributed by atoms with E-state index in [1.807, 2.05) is 26.0 Å². The Bertz CT molecular complexity index is 861. The van der Waals surface area contributed by atoms with E-state index in [4.69, 9.17) is 0 Å². The maximum Gasteiger partial charge on any atom is 0.307 e. The summed E-state index contributed by atoms with van der Waals surface area (Å²) in [4.78, 5) is 36.3. The fourth-order valence-corrected chi connectivity index (χ4v) is 2.75. The average molecular weight is 385 g/mol. The standard InChI is InChI=1S/C22H24FNO4/c1-14-4-5-17(12-15(14)2)20(25)10-11-21(26)24-19(13-22(27)28-3)16-6-8-18(23)9-7-16/h4-9,12,19H,10-11,13H2,1-3H3,(H,24,26). The van der Waals surface area contributed by atoms with Crippen LogP contribution < -0.4 is 5.32 Å². The number of halogens is 1. The number of benzene rings is 2. The lowest BCUT2D eigenvalue weighted by Gasteiger charge is -2.18. The third kappa shape index (κ3) is 6.01. The molecular formula is C22H24FNO4. The molecule has 1 amide bonds. The molecule has 0 spiro atoms. The van der Waals surface area contributed by atoms with Gasteiger partial charge in [0, 0.05) is 18.4 Å². The SMILES string of the molecule is COC(=O)CC(NC(=O)CCC(=O)c1ccc(C)c(C)c1)c1ccc(F)cc1. The van der Waals surface area contributed by atoms with Crippen molar-refractivity contribution in [3.05, 3.63) is 70.5 Å². The molecule has 0 bridgehead atoms. The van der Waals surface area contributed by atoms with E-state index in [2.05, 4.69) is 10.1 Å². The van der Waals surface area contributed by atoms with Crippen LogP contribution in [0.5, 0.6) is 0 Å². The van der Waals surface area contributed by atoms with Crippen molar-refractivity contribution in [1.82, 2.24) is 5.32 Å². The number of hydrogen-bond acceptors (Lipinski definition) is 4. The second kappa shape index (κ2) is 9.78. The Labute approximate surface area is 163 Å². The van der Waals surface area contributed by atoms with Gasteiger partial charge in [-0.05, 0) is 48.7 Å². The molecule has 1 atom stereocenters. The first-order valence-corrected chi connectivity index (χ1v) is 9.02. The van der Waals surface area contributed by atoms with E-state index in [0.29, 0.717) is 11.1 Å². The van der Waals surface area contributed by atoms with Crippen LogP contribution in [0.1, 0.15) is 52.4 Å². The highest BCUT2D eigenvalue weighted by atomic mass is 19.1. The first-order valence-electron chi connectivity index (χ1n) is 9.02. The monoisotopic (exact) mass is 385 g/mol. The Balaban J connectivity index is 2.00. The van der Waals surface area contributed by atoms with E-state index in [-0.39, 0.29) is 31.0 Å². The van der Waals surface area contributed by atoms with Crippen molar-refractivity contribution in [2.45, 2.75) is 39.2 Å². The molecule has 0 heterocycles. The van der Waals surface area contributed by atoms with Gasteiger partial charge in [0.1, 0.15) is 5.82 Å². The van der Waals surface area contributed by atoms with Crippen molar-refractivity contribution in [3.8, 4) is 0 Å². The minimum Gasteiger partial charge on any atom is -0.469 e. The summed E-state index contributed by atoms with van der Waals surface area (Å²) in [5.74, 6) is -1.40. The fourth-order valence-electron chi connectivity index (χ4n) is 2.75. The van der Waals surface area contributed by atoms with Gasteiger partial charge >= 0.3 is 5.97 Å². The predicted octanol–water partition coefficient (Wildman–Crippen LogP) is 3.83. The fraction of sp³-hybridized carbons (Fsp3) is 0.318. The molecule has 28 heavy (non-hydrogen) atoms. The minimum atomic E-state index is -0.655. The van der Waals surface area contributed by atoms with Gasteiger partial charge in [0.25, 0.3) is 0 Å². The third-order valence-electron chi connectivity index (χ3n) is 4.61. The Hall–Kier alpha value is -3.02. The highest BCUT2D eigenvalue weighted by molar-refractivity contribution is 5.98. The molecule has 0 radical (unpaired) electrons. The summed E-state index contributed by atoms with van der Waals surface area (Å²) in [6, 6.07) is 10.3. The number of Topliss-reactive ketones (excluding diaryl/α,β-unsaturated/α-hetero) is 1. The number of hydrogen-bond donors (Lipinski definition) is 1. The Kier molecular flexibility index (Phi) is 7.44. The van der Waals surface area contributed by atoms with Crippen molar-refractivity contribution in [2.75, 3.05) is 7.11 Å². The molecule has 148 valence electrons. The summed E-state index contributed by atoms with van der Waals surface area (Å²) < 4.78 is 17.8. The van der Waals surface area contributed by atoms with Gasteiger partial charge in [-0.15, -0.1) is 0 Å². The van der Waals surface area contributed by atoms with E-state index in [1.165, 1.54) is 31.4 Å². The number of aryl methyl sites for hydroxylation is 2. The predicted molar refractivity (Wildman–Crippen MR) is 103 cm³/mol. The summed E-state index contributed by atoms with van der Waals surface area (Å²) in [6.45, 7) is 3.90. The van der Waals surface area contributed by atoms with Gasteiger partial charge in [0.2, 0.25) is 5.91 Å². The highest BCUT2D eigenvalue weighted by Crippen LogP contribution is 2.19. The summed E-state index contributed by atoms with van der Waals surface area (Å²) in [7, 11) is 1.26. The van der Waals surface area contributed by atoms with Crippen molar-refractivity contribution in [2.24, 2.45) is 0 Å². The Morgan fingerprint density at radius 1 is 1.00 bits per heavy atom. The smallest absolute Gasteiger partial charge is 0.307 e. The number of carbonyl (C=O) groups excluding carboxylic acids is 3. The van der Waals surface area contributed by atoms with Crippen LogP contribution in [0.2, 0.25) is 0 Å². The zero-order valence-corrected chi connectivity index (χ0v) is 16.3. The lowest BCUT2D eigenvalue weighted by Crippen LogP contribution is -2.30. The zero-order valence-electron chi connectivity index (χ0n) is 16.3. The quantitative estimate of drug-likeness (QED) is 0.554. The lowest BCUT2D eigenvalue weighted by atomic mass is 10.0. The second-order valence-corrected chi connectivity index (χ2v) is 6.67. The van der Waals surface area contributed by atoms with E-state index in [1.54, 1.807) is 6.07 Å². The molecule has 0 fully saturated rings. The van der Waals surface area contributed by atoms with Crippen LogP contribution in [-0.4, -0.2) is 24.8 Å². The third-order valence-corrected chi connectivity index (χ3v) is 4.61. The summed E-state index contributed by atoms with van der Waals surface area (Å²) in [5.41, 5.74) is 3.27. The number of esters is 1. The lowest BCUT2D eigenvalue weighted by molar-refractivity contribution is -0.141. The number of carbonyl (C=O) groups is 3. The summed E-state index contributed by atoms with van der Waals surface area (Å²) in [5, 5.41) is 2.73. The van der Waals surface area contributed by atoms with Gasteiger partial charge in [-0.25, -0.2) is 4.39 Å². The molecule has 0 aliphatic carbocycles. The number of ether oxygens (including phenoxy) is 1. The van der Waals surface area contributed by atoms with Gasteiger partial charge in [0.15, 0.2) is 5.78 Å². The zero-order chi connectivity index (χ0) is 20.7. The van der Waals surface area contributed by atoms with E-state index < -0.39 is 17.8 Å². The van der Waals surface area contributed by atoms with Crippen molar-refractivity contribution < 1.29 is 23.5 Å². The van der Waals surface area contributed by atoms with Crippen LogP contribution in [-0.2, 0) is 14.3 Å². The first-order chi connectivity index (χ1) is 13.3. The number of nitrogens with one attached hydrogen (secondary N) is 1. The van der Waals surface area contributed by atoms with Crippen molar-refractivity contribution in [3.63, 3.8) is 0 Å².